The Bertz CT molecular complexity index is 1690. The lowest BCUT2D eigenvalue weighted by atomic mass is 9.95. The van der Waals surface area contributed by atoms with Gasteiger partial charge in [0.1, 0.15) is 23.1 Å². The van der Waals surface area contributed by atoms with Crippen LogP contribution in [0.2, 0.25) is 0 Å². The predicted octanol–water partition coefficient (Wildman–Crippen LogP) is 6.23. The summed E-state index contributed by atoms with van der Waals surface area (Å²) in [4.78, 5) is 36.0. The molecule has 0 aliphatic carbocycles. The molecule has 2 aromatic carbocycles. The largest absolute Gasteiger partial charge is 0.444 e. The molecule has 45 heavy (non-hydrogen) atoms. The Balaban J connectivity index is 1.71. The van der Waals surface area contributed by atoms with Crippen LogP contribution in [0.4, 0.5) is 32.6 Å². The van der Waals surface area contributed by atoms with Gasteiger partial charge < -0.3 is 19.4 Å². The molecule has 1 fully saturated rings. The lowest BCUT2D eigenvalue weighted by Gasteiger charge is -2.41. The SMILES string of the molecule is C[C@H]1CN(C(=O)OC(C)(C)C)CCN1c1nc(=O)n2c3c(c(-c4ccc(F)cc4F)c(C(F)(F)F)cc13)S[C@H](CCN(C)C)C2. The van der Waals surface area contributed by atoms with Crippen molar-refractivity contribution in [3.63, 3.8) is 0 Å². The van der Waals surface area contributed by atoms with Gasteiger partial charge in [-0.05, 0) is 73.0 Å². The summed E-state index contributed by atoms with van der Waals surface area (Å²) in [6.07, 6.45) is -4.89. The van der Waals surface area contributed by atoms with Crippen LogP contribution >= 0.6 is 11.8 Å². The first-order valence-corrected chi connectivity index (χ1v) is 15.5. The van der Waals surface area contributed by atoms with Crippen molar-refractivity contribution in [1.82, 2.24) is 19.4 Å². The number of halogens is 5. The Morgan fingerprint density at radius 1 is 1.11 bits per heavy atom. The number of amides is 1. The third-order valence-electron chi connectivity index (χ3n) is 7.82. The number of carbonyl (C=O) groups is 1. The molecule has 3 heterocycles. The summed E-state index contributed by atoms with van der Waals surface area (Å²) in [7, 11) is 3.74. The molecule has 1 aromatic heterocycles. The van der Waals surface area contributed by atoms with Gasteiger partial charge in [-0.2, -0.15) is 18.2 Å². The van der Waals surface area contributed by atoms with Gasteiger partial charge in [-0.3, -0.25) is 4.57 Å². The van der Waals surface area contributed by atoms with Crippen molar-refractivity contribution >= 4 is 34.6 Å². The number of piperazine rings is 1. The van der Waals surface area contributed by atoms with Gasteiger partial charge in [-0.1, -0.05) is 0 Å². The van der Waals surface area contributed by atoms with Crippen molar-refractivity contribution in [3.05, 3.63) is 51.9 Å². The number of carbonyl (C=O) groups excluding carboxylic acids is 1. The van der Waals surface area contributed by atoms with E-state index in [1.54, 1.807) is 32.6 Å². The van der Waals surface area contributed by atoms with Crippen molar-refractivity contribution in [2.75, 3.05) is 45.2 Å². The highest BCUT2D eigenvalue weighted by atomic mass is 32.2. The maximum Gasteiger partial charge on any atom is 0.417 e. The summed E-state index contributed by atoms with van der Waals surface area (Å²) in [6, 6.07) is 2.98. The van der Waals surface area contributed by atoms with Crippen molar-refractivity contribution < 1.29 is 31.5 Å². The summed E-state index contributed by atoms with van der Waals surface area (Å²) in [6.45, 7) is 8.45. The van der Waals surface area contributed by atoms with Crippen LogP contribution < -0.4 is 10.6 Å². The smallest absolute Gasteiger partial charge is 0.417 e. The highest BCUT2D eigenvalue weighted by Gasteiger charge is 2.40. The van der Waals surface area contributed by atoms with Crippen LogP contribution in [-0.2, 0) is 17.5 Å². The highest BCUT2D eigenvalue weighted by molar-refractivity contribution is 8.00. The minimum absolute atomic E-state index is 0.0628. The van der Waals surface area contributed by atoms with E-state index in [4.69, 9.17) is 4.74 Å². The average Bonchev–Trinajstić information content (AvgIpc) is 2.92. The molecule has 1 amide bonds. The minimum atomic E-state index is -4.92. The van der Waals surface area contributed by atoms with E-state index in [1.165, 1.54) is 21.2 Å². The lowest BCUT2D eigenvalue weighted by molar-refractivity contribution is -0.137. The summed E-state index contributed by atoms with van der Waals surface area (Å²) < 4.78 is 80.7. The molecule has 14 heteroatoms. The molecule has 2 atom stereocenters. The van der Waals surface area contributed by atoms with Gasteiger partial charge in [0.25, 0.3) is 0 Å². The van der Waals surface area contributed by atoms with Crippen LogP contribution in [0.5, 0.6) is 0 Å². The molecule has 3 aromatic rings. The first-order valence-electron chi connectivity index (χ1n) is 14.6. The Hall–Kier alpha value is -3.39. The van der Waals surface area contributed by atoms with Crippen molar-refractivity contribution in [2.45, 2.75) is 68.6 Å². The molecule has 1 saturated heterocycles. The Labute approximate surface area is 262 Å². The number of ether oxygens (including phenoxy) is 1. The second-order valence-electron chi connectivity index (χ2n) is 12.8. The summed E-state index contributed by atoms with van der Waals surface area (Å²) in [5, 5.41) is -0.213. The number of thioether (sulfide) groups is 1. The van der Waals surface area contributed by atoms with E-state index in [2.05, 4.69) is 4.98 Å². The summed E-state index contributed by atoms with van der Waals surface area (Å²) >= 11 is 1.17. The maximum absolute atomic E-state index is 15.2. The van der Waals surface area contributed by atoms with E-state index in [9.17, 15) is 27.2 Å². The zero-order chi connectivity index (χ0) is 33.0. The monoisotopic (exact) mass is 653 g/mol. The Morgan fingerprint density at radius 2 is 1.82 bits per heavy atom. The molecule has 8 nitrogen and oxygen atoms in total. The summed E-state index contributed by atoms with van der Waals surface area (Å²) in [5.41, 5.74) is -3.06. The Morgan fingerprint density at radius 3 is 2.42 bits per heavy atom. The third-order valence-corrected chi connectivity index (χ3v) is 9.18. The van der Waals surface area contributed by atoms with Gasteiger partial charge >= 0.3 is 18.0 Å². The number of hydrogen-bond acceptors (Lipinski definition) is 7. The van der Waals surface area contributed by atoms with Crippen molar-refractivity contribution in [3.8, 4) is 11.1 Å². The normalized spacial score (nSPS) is 19.0. The molecule has 2 aliphatic heterocycles. The van der Waals surface area contributed by atoms with Crippen LogP contribution in [0, 0.1) is 11.6 Å². The van der Waals surface area contributed by atoms with Crippen molar-refractivity contribution in [1.29, 1.82) is 0 Å². The first-order chi connectivity index (χ1) is 20.9. The topological polar surface area (TPSA) is 70.9 Å². The molecule has 0 spiro atoms. The molecule has 0 N–H and O–H groups in total. The number of alkyl halides is 3. The molecule has 5 rings (SSSR count). The van der Waals surface area contributed by atoms with E-state index in [0.717, 1.165) is 18.2 Å². The van der Waals surface area contributed by atoms with Crippen LogP contribution in [0.1, 0.15) is 39.7 Å². The number of hydrogen-bond donors (Lipinski definition) is 0. The van der Waals surface area contributed by atoms with Gasteiger partial charge in [-0.15, -0.1) is 11.8 Å². The average molecular weight is 654 g/mol. The van der Waals surface area contributed by atoms with Gasteiger partial charge in [0.05, 0.1) is 11.1 Å². The fraction of sp³-hybridized carbons (Fsp3) is 0.516. The fourth-order valence-corrected chi connectivity index (χ4v) is 7.25. The van der Waals surface area contributed by atoms with E-state index < -0.39 is 57.9 Å². The van der Waals surface area contributed by atoms with E-state index in [0.29, 0.717) is 19.0 Å². The van der Waals surface area contributed by atoms with E-state index in [-0.39, 0.29) is 53.0 Å². The molecule has 0 radical (unpaired) electrons. The standard InChI is InChI=1S/C31H36F5N5O3S/c1-17-15-39(29(43)44-30(2,3)4)11-12-40(17)27-21-14-22(31(34,35)36)24(20-8-7-18(32)13-23(20)33)26-25(21)41(28(42)37-27)16-19(45-26)9-10-38(5)6/h7-8,13-14,17,19H,9-12,15-16H2,1-6H3/t17-,19+/m0/s1. The van der Waals surface area contributed by atoms with E-state index in [1.807, 2.05) is 19.0 Å². The van der Waals surface area contributed by atoms with Gasteiger partial charge in [0.15, 0.2) is 0 Å². The molecule has 0 unspecified atom stereocenters. The molecular formula is C31H36F5N5O3S. The second-order valence-corrected chi connectivity index (χ2v) is 14.1. The number of aromatic nitrogens is 2. The highest BCUT2D eigenvalue weighted by Crippen LogP contribution is 2.50. The molecule has 0 bridgehead atoms. The predicted molar refractivity (Wildman–Crippen MR) is 164 cm³/mol. The van der Waals surface area contributed by atoms with Crippen LogP contribution in [-0.4, -0.2) is 82.6 Å². The third kappa shape index (κ3) is 6.76. The number of rotatable bonds is 5. The number of benzene rings is 2. The fourth-order valence-electron chi connectivity index (χ4n) is 5.80. The van der Waals surface area contributed by atoms with E-state index >= 15 is 4.39 Å². The zero-order valence-electron chi connectivity index (χ0n) is 26.0. The van der Waals surface area contributed by atoms with Crippen LogP contribution in [0.3, 0.4) is 0 Å². The maximum atomic E-state index is 15.2. The van der Waals surface area contributed by atoms with Crippen LogP contribution in [0.25, 0.3) is 22.0 Å². The second kappa shape index (κ2) is 12.1. The Kier molecular flexibility index (Phi) is 8.86. The van der Waals surface area contributed by atoms with Gasteiger partial charge in [0.2, 0.25) is 0 Å². The van der Waals surface area contributed by atoms with Crippen LogP contribution in [0.15, 0.2) is 34.0 Å². The molecule has 244 valence electrons. The lowest BCUT2D eigenvalue weighted by Crippen LogP contribution is -2.55. The summed E-state index contributed by atoms with van der Waals surface area (Å²) in [5.74, 6) is -1.99. The minimum Gasteiger partial charge on any atom is -0.444 e. The van der Waals surface area contributed by atoms with Crippen molar-refractivity contribution in [2.24, 2.45) is 0 Å². The molecule has 2 aliphatic rings. The number of nitrogens with zero attached hydrogens (tertiary/aromatic N) is 5. The molecule has 0 saturated carbocycles. The first kappa shape index (κ1) is 33.0. The zero-order valence-corrected chi connectivity index (χ0v) is 26.8. The van der Waals surface area contributed by atoms with Gasteiger partial charge in [-0.25, -0.2) is 18.4 Å². The quantitative estimate of drug-likeness (QED) is 0.303. The molecular weight excluding hydrogens is 617 g/mol. The van der Waals surface area contributed by atoms with Gasteiger partial charge in [0, 0.05) is 64.9 Å². The number of anilines is 1.